The summed E-state index contributed by atoms with van der Waals surface area (Å²) in [6, 6.07) is 18.4. The molecule has 2 aromatic heterocycles. The number of rotatable bonds is 2. The molecule has 0 radical (unpaired) electrons. The van der Waals surface area contributed by atoms with Gasteiger partial charge in [-0.3, -0.25) is 0 Å². The van der Waals surface area contributed by atoms with Crippen molar-refractivity contribution in [1.82, 2.24) is 0 Å². The van der Waals surface area contributed by atoms with Gasteiger partial charge in [-0.15, -0.1) is 0 Å². The summed E-state index contributed by atoms with van der Waals surface area (Å²) in [6.45, 7) is 18.3. The maximum absolute atomic E-state index is 16.0. The van der Waals surface area contributed by atoms with Crippen molar-refractivity contribution in [2.75, 3.05) is 0 Å². The third kappa shape index (κ3) is 4.00. The van der Waals surface area contributed by atoms with E-state index in [2.05, 4.69) is 90.3 Å². The predicted octanol–water partition coefficient (Wildman–Crippen LogP) is 9.84. The highest BCUT2D eigenvalue weighted by molar-refractivity contribution is 6.13. The average Bonchev–Trinajstić information content (AvgIpc) is 3.24. The predicted molar refractivity (Wildman–Crippen MR) is 164 cm³/mol. The van der Waals surface area contributed by atoms with Gasteiger partial charge in [0.1, 0.15) is 24.0 Å². The fraction of sp³-hybridized carbons (Fsp3) is 0.378. The van der Waals surface area contributed by atoms with E-state index in [0.29, 0.717) is 11.1 Å². The molecule has 2 nitrogen and oxygen atoms in total. The quantitative estimate of drug-likeness (QED) is 0.206. The zero-order valence-electron chi connectivity index (χ0n) is 25.4. The lowest BCUT2D eigenvalue weighted by atomic mass is 9.59. The molecular formula is C37H41FNO+. The molecule has 0 saturated carbocycles. The number of halogens is 1. The Kier molecular flexibility index (Phi) is 5.86. The average molecular weight is 535 g/mol. The van der Waals surface area contributed by atoms with Crippen LogP contribution in [0, 0.1) is 12.7 Å². The van der Waals surface area contributed by atoms with Crippen LogP contribution in [-0.4, -0.2) is 0 Å². The zero-order valence-corrected chi connectivity index (χ0v) is 25.4. The molecule has 1 aliphatic carbocycles. The van der Waals surface area contributed by atoms with Crippen molar-refractivity contribution >= 4 is 21.9 Å². The van der Waals surface area contributed by atoms with Crippen molar-refractivity contribution in [3.05, 3.63) is 88.9 Å². The van der Waals surface area contributed by atoms with E-state index in [9.17, 15) is 0 Å². The van der Waals surface area contributed by atoms with Crippen LogP contribution in [0.15, 0.2) is 65.2 Å². The van der Waals surface area contributed by atoms with Gasteiger partial charge in [0, 0.05) is 22.9 Å². The van der Waals surface area contributed by atoms with E-state index in [1.807, 2.05) is 31.4 Å². The van der Waals surface area contributed by atoms with E-state index in [4.69, 9.17) is 4.42 Å². The number of aromatic nitrogens is 1. The summed E-state index contributed by atoms with van der Waals surface area (Å²) in [6.07, 6.45) is 4.29. The van der Waals surface area contributed by atoms with Gasteiger partial charge in [0.05, 0.1) is 11.1 Å². The maximum atomic E-state index is 16.0. The lowest BCUT2D eigenvalue weighted by molar-refractivity contribution is -0.660. The molecule has 40 heavy (non-hydrogen) atoms. The summed E-state index contributed by atoms with van der Waals surface area (Å²) < 4.78 is 24.9. The van der Waals surface area contributed by atoms with E-state index in [0.717, 1.165) is 51.6 Å². The molecule has 0 spiro atoms. The maximum Gasteiger partial charge on any atom is 0.216 e. The lowest BCUT2D eigenvalue weighted by Gasteiger charge is -2.45. The summed E-state index contributed by atoms with van der Waals surface area (Å²) >= 11 is 0. The molecule has 3 aromatic carbocycles. The number of hydrogen-bond acceptors (Lipinski definition) is 1. The minimum absolute atomic E-state index is 0.00541. The Morgan fingerprint density at radius 1 is 0.825 bits per heavy atom. The van der Waals surface area contributed by atoms with Gasteiger partial charge in [-0.1, -0.05) is 72.7 Å². The first-order valence-electron chi connectivity index (χ1n) is 14.5. The topological polar surface area (TPSA) is 17.0 Å². The van der Waals surface area contributed by atoms with Gasteiger partial charge in [-0.05, 0) is 82.0 Å². The highest BCUT2D eigenvalue weighted by atomic mass is 19.1. The number of benzene rings is 3. The number of furan rings is 1. The second kappa shape index (κ2) is 8.77. The Balaban J connectivity index is 1.72. The number of fused-ring (bicyclic) bond motifs is 4. The molecule has 0 atom stereocenters. The van der Waals surface area contributed by atoms with Crippen LogP contribution in [0.4, 0.5) is 4.39 Å². The van der Waals surface area contributed by atoms with Gasteiger partial charge in [-0.2, -0.15) is 0 Å². The summed E-state index contributed by atoms with van der Waals surface area (Å²) in [5.41, 5.74) is 10.2. The summed E-state index contributed by atoms with van der Waals surface area (Å²) in [4.78, 5) is 0. The first-order chi connectivity index (χ1) is 18.7. The lowest BCUT2D eigenvalue weighted by Crippen LogP contribution is -2.36. The first-order valence-corrected chi connectivity index (χ1v) is 14.5. The van der Waals surface area contributed by atoms with E-state index < -0.39 is 0 Å². The van der Waals surface area contributed by atoms with Crippen LogP contribution in [0.5, 0.6) is 0 Å². The number of nitrogens with zero attached hydrogens (tertiary/aromatic N) is 1. The number of hydrogen-bond donors (Lipinski definition) is 0. The van der Waals surface area contributed by atoms with Crippen molar-refractivity contribution in [1.29, 1.82) is 0 Å². The van der Waals surface area contributed by atoms with Crippen molar-refractivity contribution < 1.29 is 13.4 Å². The molecule has 0 N–H and O–H groups in total. The molecule has 3 heteroatoms. The minimum atomic E-state index is -0.247. The van der Waals surface area contributed by atoms with E-state index in [1.54, 1.807) is 6.07 Å². The SMILES string of the molecule is Cc1ccc2c(oc3c(-c4cc(C(C)(C)C)c5c(c4)C(C)(C)CCC5(C)C)c(F)ccc32)c1-c1cccc[n+]1C. The smallest absolute Gasteiger partial charge is 0.216 e. The van der Waals surface area contributed by atoms with Crippen LogP contribution < -0.4 is 4.57 Å². The van der Waals surface area contributed by atoms with Gasteiger partial charge < -0.3 is 4.42 Å². The summed E-state index contributed by atoms with van der Waals surface area (Å²) in [5.74, 6) is -0.247. The van der Waals surface area contributed by atoms with Crippen LogP contribution in [-0.2, 0) is 23.3 Å². The molecule has 0 unspecified atom stereocenters. The molecule has 1 aliphatic rings. The largest absolute Gasteiger partial charge is 0.454 e. The molecule has 206 valence electrons. The summed E-state index contributed by atoms with van der Waals surface area (Å²) in [7, 11) is 2.05. The number of aryl methyl sites for hydroxylation is 2. The van der Waals surface area contributed by atoms with Crippen molar-refractivity contribution in [3.63, 3.8) is 0 Å². The van der Waals surface area contributed by atoms with E-state index >= 15 is 4.39 Å². The minimum Gasteiger partial charge on any atom is -0.454 e. The highest BCUT2D eigenvalue weighted by Crippen LogP contribution is 2.51. The summed E-state index contributed by atoms with van der Waals surface area (Å²) in [5, 5.41) is 1.96. The Morgan fingerprint density at radius 3 is 2.15 bits per heavy atom. The van der Waals surface area contributed by atoms with Gasteiger partial charge in [0.2, 0.25) is 5.69 Å². The fourth-order valence-electron chi connectivity index (χ4n) is 6.87. The molecule has 0 bridgehead atoms. The second-order valence-corrected chi connectivity index (χ2v) is 14.2. The van der Waals surface area contributed by atoms with Crippen molar-refractivity contribution in [2.45, 2.75) is 84.5 Å². The molecule has 0 amide bonds. The standard InChI is InChI=1S/C37H41FNO/c1-22-13-14-24-25-15-16-28(38)31(34(25)40-33(24)30(22)29-12-10-11-19-39(29)9)23-20-26(35(2,3)4)32-27(21-23)36(5,6)17-18-37(32,7)8/h10-16,19-21H,17-18H2,1-9H3/q+1. The van der Waals surface area contributed by atoms with Gasteiger partial charge in [0.15, 0.2) is 6.20 Å². The van der Waals surface area contributed by atoms with Crippen LogP contribution >= 0.6 is 0 Å². The Labute approximate surface area is 237 Å². The molecule has 6 rings (SSSR count). The first kappa shape index (κ1) is 26.7. The monoisotopic (exact) mass is 534 g/mol. The van der Waals surface area contributed by atoms with E-state index in [-0.39, 0.29) is 22.1 Å². The Bertz CT molecular complexity index is 1800. The third-order valence-corrected chi connectivity index (χ3v) is 9.29. The van der Waals surface area contributed by atoms with Gasteiger partial charge in [-0.25, -0.2) is 8.96 Å². The Morgan fingerprint density at radius 2 is 1.48 bits per heavy atom. The molecule has 0 aliphatic heterocycles. The molecule has 5 aromatic rings. The van der Waals surface area contributed by atoms with Crippen LogP contribution in [0.2, 0.25) is 0 Å². The number of pyridine rings is 1. The Hall–Kier alpha value is -3.46. The third-order valence-electron chi connectivity index (χ3n) is 9.29. The highest BCUT2D eigenvalue weighted by Gasteiger charge is 2.41. The van der Waals surface area contributed by atoms with Crippen LogP contribution in [0.1, 0.15) is 83.6 Å². The van der Waals surface area contributed by atoms with Gasteiger partial charge >= 0.3 is 0 Å². The van der Waals surface area contributed by atoms with Crippen LogP contribution in [0.25, 0.3) is 44.3 Å². The van der Waals surface area contributed by atoms with Crippen molar-refractivity contribution in [2.24, 2.45) is 7.05 Å². The molecular weight excluding hydrogens is 493 g/mol. The normalized spacial score (nSPS) is 16.4. The van der Waals surface area contributed by atoms with Gasteiger partial charge in [0.25, 0.3) is 0 Å². The van der Waals surface area contributed by atoms with Crippen molar-refractivity contribution in [3.8, 4) is 22.4 Å². The van der Waals surface area contributed by atoms with Crippen LogP contribution in [0.3, 0.4) is 0 Å². The molecule has 2 heterocycles. The zero-order chi connectivity index (χ0) is 28.8. The fourth-order valence-corrected chi connectivity index (χ4v) is 6.87. The van der Waals surface area contributed by atoms with E-state index in [1.165, 1.54) is 16.7 Å². The second-order valence-electron chi connectivity index (χ2n) is 14.2. The molecule has 0 saturated heterocycles. The molecule has 0 fully saturated rings.